The summed E-state index contributed by atoms with van der Waals surface area (Å²) in [5.74, 6) is -7.10. The second kappa shape index (κ2) is 11.3. The summed E-state index contributed by atoms with van der Waals surface area (Å²) in [7, 11) is 0. The summed E-state index contributed by atoms with van der Waals surface area (Å²) in [4.78, 5) is 12.5. The van der Waals surface area contributed by atoms with Crippen LogP contribution >= 0.6 is 0 Å². The van der Waals surface area contributed by atoms with Gasteiger partial charge >= 0.3 is 5.97 Å². The molecule has 1 fully saturated rings. The molecule has 0 saturated heterocycles. The van der Waals surface area contributed by atoms with Gasteiger partial charge in [-0.3, -0.25) is 4.79 Å². The Morgan fingerprint density at radius 1 is 0.811 bits per heavy atom. The SMILES string of the molecule is CCCOc1ccc(-c2ccc(C3CCC(C(=O)Oc4ccc(C)c(F)c4F)CC3)cc2F)c(F)c1F. The van der Waals surface area contributed by atoms with Crippen molar-refractivity contribution in [2.45, 2.75) is 51.9 Å². The van der Waals surface area contributed by atoms with Gasteiger partial charge in [-0.15, -0.1) is 0 Å². The van der Waals surface area contributed by atoms with Crippen molar-refractivity contribution in [3.8, 4) is 22.6 Å². The van der Waals surface area contributed by atoms with E-state index in [1.165, 1.54) is 43.3 Å². The lowest BCUT2D eigenvalue weighted by Crippen LogP contribution is -2.25. The average Bonchev–Trinajstić information content (AvgIpc) is 2.90. The quantitative estimate of drug-likeness (QED) is 0.180. The highest BCUT2D eigenvalue weighted by molar-refractivity contribution is 5.75. The highest BCUT2D eigenvalue weighted by Gasteiger charge is 2.30. The molecular formula is C29H27F5O3. The van der Waals surface area contributed by atoms with Gasteiger partial charge in [-0.2, -0.15) is 8.78 Å². The third-order valence-corrected chi connectivity index (χ3v) is 6.77. The molecule has 37 heavy (non-hydrogen) atoms. The second-order valence-corrected chi connectivity index (χ2v) is 9.31. The lowest BCUT2D eigenvalue weighted by molar-refractivity contribution is -0.140. The van der Waals surface area contributed by atoms with E-state index < -0.39 is 46.7 Å². The van der Waals surface area contributed by atoms with Crippen LogP contribution in [-0.4, -0.2) is 12.6 Å². The standard InChI is InChI=1S/C29H27F5O3/c1-3-14-36-23-13-11-21(26(32)27(23)33)20-10-9-19(15-22(20)30)17-5-7-18(8-6-17)29(35)37-24-12-4-16(2)25(31)28(24)34/h4,9-13,15,17-18H,3,5-8,14H2,1-2H3. The summed E-state index contributed by atoms with van der Waals surface area (Å²) in [5.41, 5.74) is 0.536. The minimum atomic E-state index is -1.20. The topological polar surface area (TPSA) is 35.5 Å². The van der Waals surface area contributed by atoms with E-state index in [0.717, 1.165) is 0 Å². The molecule has 0 radical (unpaired) electrons. The minimum absolute atomic E-state index is 0.0486. The van der Waals surface area contributed by atoms with Gasteiger partial charge in [-0.25, -0.2) is 13.2 Å². The summed E-state index contributed by atoms with van der Waals surface area (Å²) in [6.45, 7) is 3.49. The van der Waals surface area contributed by atoms with Gasteiger partial charge in [0, 0.05) is 11.1 Å². The van der Waals surface area contributed by atoms with Crippen LogP contribution in [0, 0.1) is 41.9 Å². The van der Waals surface area contributed by atoms with Crippen molar-refractivity contribution in [1.29, 1.82) is 0 Å². The Balaban J connectivity index is 1.42. The zero-order valence-electron chi connectivity index (χ0n) is 20.6. The van der Waals surface area contributed by atoms with Crippen LogP contribution in [0.2, 0.25) is 0 Å². The highest BCUT2D eigenvalue weighted by atomic mass is 19.2. The van der Waals surface area contributed by atoms with Crippen LogP contribution in [0.5, 0.6) is 11.5 Å². The molecule has 3 aromatic rings. The fourth-order valence-corrected chi connectivity index (χ4v) is 4.63. The van der Waals surface area contributed by atoms with E-state index in [4.69, 9.17) is 9.47 Å². The zero-order valence-corrected chi connectivity index (χ0v) is 20.6. The number of ether oxygens (including phenoxy) is 2. The fourth-order valence-electron chi connectivity index (χ4n) is 4.63. The molecule has 3 nitrogen and oxygen atoms in total. The Morgan fingerprint density at radius 2 is 1.46 bits per heavy atom. The molecule has 0 aromatic heterocycles. The van der Waals surface area contributed by atoms with Crippen LogP contribution in [-0.2, 0) is 4.79 Å². The highest BCUT2D eigenvalue weighted by Crippen LogP contribution is 2.39. The van der Waals surface area contributed by atoms with Crippen molar-refractivity contribution in [1.82, 2.24) is 0 Å². The van der Waals surface area contributed by atoms with Gasteiger partial charge in [-0.05, 0) is 80.3 Å². The number of hydrogen-bond acceptors (Lipinski definition) is 3. The van der Waals surface area contributed by atoms with Crippen LogP contribution in [0.15, 0.2) is 42.5 Å². The van der Waals surface area contributed by atoms with Crippen molar-refractivity contribution in [3.63, 3.8) is 0 Å². The van der Waals surface area contributed by atoms with E-state index in [9.17, 15) is 26.7 Å². The van der Waals surface area contributed by atoms with E-state index in [0.29, 0.717) is 37.7 Å². The number of hydrogen-bond donors (Lipinski definition) is 0. The summed E-state index contributed by atoms with van der Waals surface area (Å²) in [6, 6.07) is 9.54. The molecule has 3 aromatic carbocycles. The van der Waals surface area contributed by atoms with Crippen LogP contribution < -0.4 is 9.47 Å². The maximum atomic E-state index is 15.0. The van der Waals surface area contributed by atoms with Crippen molar-refractivity contribution in [2.75, 3.05) is 6.61 Å². The van der Waals surface area contributed by atoms with Crippen LogP contribution in [0.1, 0.15) is 56.1 Å². The van der Waals surface area contributed by atoms with Gasteiger partial charge < -0.3 is 9.47 Å². The molecule has 1 saturated carbocycles. The van der Waals surface area contributed by atoms with Crippen molar-refractivity contribution < 1.29 is 36.2 Å². The number of esters is 1. The van der Waals surface area contributed by atoms with E-state index in [1.807, 2.05) is 6.92 Å². The maximum Gasteiger partial charge on any atom is 0.314 e. The number of carbonyl (C=O) groups excluding carboxylic acids is 1. The number of aryl methyl sites for hydroxylation is 1. The number of benzene rings is 3. The predicted molar refractivity (Wildman–Crippen MR) is 129 cm³/mol. The van der Waals surface area contributed by atoms with Crippen molar-refractivity contribution >= 4 is 5.97 Å². The first kappa shape index (κ1) is 26.6. The lowest BCUT2D eigenvalue weighted by Gasteiger charge is -2.27. The summed E-state index contributed by atoms with van der Waals surface area (Å²) in [6.07, 6.45) is 2.60. The molecule has 0 unspecified atom stereocenters. The Kier molecular flexibility index (Phi) is 8.15. The normalized spacial score (nSPS) is 17.5. The Bertz CT molecular complexity index is 1300. The molecular weight excluding hydrogens is 491 g/mol. The first-order valence-electron chi connectivity index (χ1n) is 12.3. The minimum Gasteiger partial charge on any atom is -0.490 e. The molecule has 196 valence electrons. The first-order valence-corrected chi connectivity index (χ1v) is 12.3. The third-order valence-electron chi connectivity index (χ3n) is 6.77. The van der Waals surface area contributed by atoms with Crippen molar-refractivity contribution in [3.05, 3.63) is 82.7 Å². The average molecular weight is 519 g/mol. The monoisotopic (exact) mass is 518 g/mol. The molecule has 8 heteroatoms. The van der Waals surface area contributed by atoms with Gasteiger partial charge in [-0.1, -0.05) is 25.1 Å². The Morgan fingerprint density at radius 3 is 2.14 bits per heavy atom. The maximum absolute atomic E-state index is 15.0. The van der Waals surface area contributed by atoms with Crippen LogP contribution in [0.25, 0.3) is 11.1 Å². The van der Waals surface area contributed by atoms with Crippen molar-refractivity contribution in [2.24, 2.45) is 5.92 Å². The van der Waals surface area contributed by atoms with Gasteiger partial charge in [0.25, 0.3) is 0 Å². The predicted octanol–water partition coefficient (Wildman–Crippen LogP) is 8.03. The second-order valence-electron chi connectivity index (χ2n) is 9.31. The van der Waals surface area contributed by atoms with E-state index in [2.05, 4.69) is 0 Å². The number of rotatable bonds is 7. The summed E-state index contributed by atoms with van der Waals surface area (Å²) in [5, 5.41) is 0. The first-order chi connectivity index (χ1) is 17.7. The number of halogens is 5. The molecule has 0 bridgehead atoms. The third kappa shape index (κ3) is 5.63. The molecule has 0 atom stereocenters. The molecule has 1 aliphatic carbocycles. The molecule has 1 aliphatic rings. The van der Waals surface area contributed by atoms with Gasteiger partial charge in [0.2, 0.25) is 11.6 Å². The largest absolute Gasteiger partial charge is 0.490 e. The smallest absolute Gasteiger partial charge is 0.314 e. The van der Waals surface area contributed by atoms with E-state index in [1.54, 1.807) is 6.07 Å². The fraction of sp³-hybridized carbons (Fsp3) is 0.345. The van der Waals surface area contributed by atoms with Gasteiger partial charge in [0.15, 0.2) is 23.1 Å². The molecule has 0 aliphatic heterocycles. The van der Waals surface area contributed by atoms with E-state index >= 15 is 0 Å². The van der Waals surface area contributed by atoms with E-state index in [-0.39, 0.29) is 35.0 Å². The summed E-state index contributed by atoms with van der Waals surface area (Å²) >= 11 is 0. The van der Waals surface area contributed by atoms with Crippen LogP contribution in [0.3, 0.4) is 0 Å². The molecule has 0 heterocycles. The molecule has 0 amide bonds. The summed E-state index contributed by atoms with van der Waals surface area (Å²) < 4.78 is 82.1. The van der Waals surface area contributed by atoms with Crippen LogP contribution in [0.4, 0.5) is 22.0 Å². The number of carbonyl (C=O) groups is 1. The van der Waals surface area contributed by atoms with Gasteiger partial charge in [0.05, 0.1) is 12.5 Å². The Labute approximate surface area is 212 Å². The lowest BCUT2D eigenvalue weighted by atomic mass is 9.78. The zero-order chi connectivity index (χ0) is 26.7. The molecule has 4 rings (SSSR count). The Hall–Kier alpha value is -3.42. The molecule has 0 N–H and O–H groups in total. The molecule has 0 spiro atoms. The van der Waals surface area contributed by atoms with Gasteiger partial charge in [0.1, 0.15) is 5.82 Å².